The predicted molar refractivity (Wildman–Crippen MR) is 63.2 cm³/mol. The van der Waals surface area contributed by atoms with Crippen LogP contribution in [0.5, 0.6) is 0 Å². The Morgan fingerprint density at radius 1 is 1.53 bits per heavy atom. The summed E-state index contributed by atoms with van der Waals surface area (Å²) in [4.78, 5) is 10.7. The summed E-state index contributed by atoms with van der Waals surface area (Å²) in [5.41, 5.74) is 0.276. The number of benzene rings is 1. The normalized spacial score (nSPS) is 10.5. The lowest BCUT2D eigenvalue weighted by molar-refractivity contribution is 0.0690. The molecule has 0 spiro atoms. The van der Waals surface area contributed by atoms with Crippen LogP contribution in [0.15, 0.2) is 28.9 Å². The van der Waals surface area contributed by atoms with Crippen molar-refractivity contribution in [1.82, 2.24) is 9.78 Å². The minimum atomic E-state index is -1.14. The van der Waals surface area contributed by atoms with Crippen molar-refractivity contribution in [2.75, 3.05) is 0 Å². The molecule has 0 fully saturated rings. The topological polar surface area (TPSA) is 55.1 Å². The zero-order valence-corrected chi connectivity index (χ0v) is 10.5. The Morgan fingerprint density at radius 3 is 2.76 bits per heavy atom. The van der Waals surface area contributed by atoms with E-state index in [4.69, 9.17) is 16.7 Å². The highest BCUT2D eigenvalue weighted by molar-refractivity contribution is 9.10. The molecule has 2 rings (SSSR count). The summed E-state index contributed by atoms with van der Waals surface area (Å²) < 4.78 is 14.7. The fourth-order valence-corrected chi connectivity index (χ4v) is 2.34. The van der Waals surface area contributed by atoms with Gasteiger partial charge in [-0.2, -0.15) is 5.10 Å². The van der Waals surface area contributed by atoms with E-state index in [9.17, 15) is 9.18 Å². The van der Waals surface area contributed by atoms with Crippen molar-refractivity contribution in [3.63, 3.8) is 0 Å². The third-order valence-corrected chi connectivity index (χ3v) is 2.91. The van der Waals surface area contributed by atoms with Gasteiger partial charge in [0.15, 0.2) is 5.69 Å². The quantitative estimate of drug-likeness (QED) is 0.925. The molecule has 4 nitrogen and oxygen atoms in total. The van der Waals surface area contributed by atoms with Crippen molar-refractivity contribution < 1.29 is 14.3 Å². The maximum absolute atomic E-state index is 13.0. The fourth-order valence-electron chi connectivity index (χ4n) is 1.32. The molecule has 1 aromatic heterocycles. The van der Waals surface area contributed by atoms with Crippen molar-refractivity contribution in [2.24, 2.45) is 0 Å². The van der Waals surface area contributed by atoms with E-state index < -0.39 is 11.8 Å². The average Bonchev–Trinajstić information content (AvgIpc) is 2.65. The SMILES string of the molecule is O=C(O)c1ccn(-c2c(Cl)cc(F)cc2Br)n1. The fraction of sp³-hybridized carbons (Fsp3) is 0. The summed E-state index contributed by atoms with van der Waals surface area (Å²) in [6, 6.07) is 3.68. The Kier molecular flexibility index (Phi) is 3.17. The van der Waals surface area contributed by atoms with Crippen LogP contribution in [0.3, 0.4) is 0 Å². The lowest BCUT2D eigenvalue weighted by atomic mass is 10.3. The smallest absolute Gasteiger partial charge is 0.356 e. The second kappa shape index (κ2) is 4.46. The van der Waals surface area contributed by atoms with Gasteiger partial charge in [0.2, 0.25) is 0 Å². The van der Waals surface area contributed by atoms with Crippen LogP contribution in [0, 0.1) is 5.82 Å². The summed E-state index contributed by atoms with van der Waals surface area (Å²) in [6.07, 6.45) is 1.44. The van der Waals surface area contributed by atoms with Crippen LogP contribution >= 0.6 is 27.5 Å². The predicted octanol–water partition coefficient (Wildman–Crippen LogP) is 3.13. The van der Waals surface area contributed by atoms with Gasteiger partial charge in [-0.25, -0.2) is 13.9 Å². The first kappa shape index (κ1) is 12.1. The molecule has 88 valence electrons. The van der Waals surface area contributed by atoms with Gasteiger partial charge in [0.05, 0.1) is 10.7 Å². The van der Waals surface area contributed by atoms with Gasteiger partial charge in [-0.3, -0.25) is 0 Å². The summed E-state index contributed by atoms with van der Waals surface area (Å²) in [7, 11) is 0. The maximum Gasteiger partial charge on any atom is 0.356 e. The number of rotatable bonds is 2. The van der Waals surface area contributed by atoms with Crippen LogP contribution in [0.4, 0.5) is 4.39 Å². The van der Waals surface area contributed by atoms with Gasteiger partial charge in [-0.15, -0.1) is 0 Å². The van der Waals surface area contributed by atoms with Gasteiger partial charge in [-0.1, -0.05) is 11.6 Å². The first-order chi connectivity index (χ1) is 7.99. The lowest BCUT2D eigenvalue weighted by Crippen LogP contribution is -2.02. The Morgan fingerprint density at radius 2 is 2.24 bits per heavy atom. The molecule has 17 heavy (non-hydrogen) atoms. The average molecular weight is 320 g/mol. The van der Waals surface area contributed by atoms with Crippen molar-refractivity contribution in [3.8, 4) is 5.69 Å². The van der Waals surface area contributed by atoms with Crippen LogP contribution in [-0.4, -0.2) is 20.9 Å². The third-order valence-electron chi connectivity index (χ3n) is 2.02. The Labute approximate surface area is 109 Å². The van der Waals surface area contributed by atoms with Crippen molar-refractivity contribution in [1.29, 1.82) is 0 Å². The molecule has 0 aliphatic heterocycles. The number of hydrogen-bond acceptors (Lipinski definition) is 2. The van der Waals surface area contributed by atoms with Crippen LogP contribution in [-0.2, 0) is 0 Å². The zero-order chi connectivity index (χ0) is 12.6. The molecule has 0 saturated heterocycles. The highest BCUT2D eigenvalue weighted by Gasteiger charge is 2.13. The van der Waals surface area contributed by atoms with Crippen LogP contribution < -0.4 is 0 Å². The molecule has 2 aromatic rings. The molecule has 0 aliphatic rings. The molecule has 1 aromatic carbocycles. The molecule has 7 heteroatoms. The van der Waals surface area contributed by atoms with Crippen LogP contribution in [0.1, 0.15) is 10.5 Å². The number of hydrogen-bond donors (Lipinski definition) is 1. The largest absolute Gasteiger partial charge is 0.476 e. The van der Waals surface area contributed by atoms with Gasteiger partial charge in [0.25, 0.3) is 0 Å². The first-order valence-corrected chi connectivity index (χ1v) is 5.60. The second-order valence-electron chi connectivity index (χ2n) is 3.17. The standard InChI is InChI=1S/C10H5BrClFN2O2/c11-6-3-5(13)4-7(12)9(6)15-2-1-8(14-15)10(16)17/h1-4H,(H,16,17). The van der Waals surface area contributed by atoms with Crippen molar-refractivity contribution >= 4 is 33.5 Å². The number of aromatic carboxylic acids is 1. The first-order valence-electron chi connectivity index (χ1n) is 4.43. The summed E-state index contributed by atoms with van der Waals surface area (Å²) in [5.74, 6) is -1.63. The van der Waals surface area contributed by atoms with Crippen molar-refractivity contribution in [3.05, 3.63) is 45.4 Å². The molecule has 0 amide bonds. The molecular formula is C10H5BrClFN2O2. The van der Waals surface area contributed by atoms with E-state index in [2.05, 4.69) is 21.0 Å². The monoisotopic (exact) mass is 318 g/mol. The van der Waals surface area contributed by atoms with Gasteiger partial charge in [-0.05, 0) is 34.1 Å². The van der Waals surface area contributed by atoms with Crippen LogP contribution in [0.2, 0.25) is 5.02 Å². The van der Waals surface area contributed by atoms with E-state index in [0.717, 1.165) is 6.07 Å². The number of carbonyl (C=O) groups is 1. The molecule has 1 heterocycles. The van der Waals surface area contributed by atoms with Gasteiger partial charge < -0.3 is 5.11 Å². The minimum Gasteiger partial charge on any atom is -0.476 e. The molecule has 0 bridgehead atoms. The zero-order valence-electron chi connectivity index (χ0n) is 8.19. The molecular weight excluding hydrogens is 314 g/mol. The Bertz CT molecular complexity index is 577. The molecule has 0 atom stereocenters. The molecule has 0 radical (unpaired) electrons. The lowest BCUT2D eigenvalue weighted by Gasteiger charge is -2.07. The summed E-state index contributed by atoms with van der Waals surface area (Å²) in [5, 5.41) is 12.7. The number of halogens is 3. The van der Waals surface area contributed by atoms with E-state index in [0.29, 0.717) is 10.2 Å². The van der Waals surface area contributed by atoms with E-state index in [1.165, 1.54) is 23.0 Å². The van der Waals surface area contributed by atoms with Crippen molar-refractivity contribution in [2.45, 2.75) is 0 Å². The number of carboxylic acid groups (broad SMARTS) is 1. The molecule has 1 N–H and O–H groups in total. The van der Waals surface area contributed by atoms with E-state index in [1.54, 1.807) is 0 Å². The Hall–Kier alpha value is -1.40. The van der Waals surface area contributed by atoms with Gasteiger partial charge in [0.1, 0.15) is 5.82 Å². The van der Waals surface area contributed by atoms with E-state index in [-0.39, 0.29) is 10.7 Å². The summed E-state index contributed by atoms with van der Waals surface area (Å²) in [6.45, 7) is 0. The minimum absolute atomic E-state index is 0.114. The molecule has 0 saturated carbocycles. The van der Waals surface area contributed by atoms with Gasteiger partial charge >= 0.3 is 5.97 Å². The number of aromatic nitrogens is 2. The highest BCUT2D eigenvalue weighted by atomic mass is 79.9. The van der Waals surface area contributed by atoms with Crippen LogP contribution in [0.25, 0.3) is 5.69 Å². The molecule has 0 unspecified atom stereocenters. The Balaban J connectivity index is 2.56. The van der Waals surface area contributed by atoms with E-state index >= 15 is 0 Å². The number of nitrogens with zero attached hydrogens (tertiary/aromatic N) is 2. The van der Waals surface area contributed by atoms with Gasteiger partial charge in [0, 0.05) is 10.7 Å². The highest BCUT2D eigenvalue weighted by Crippen LogP contribution is 2.29. The third kappa shape index (κ3) is 2.32. The number of carboxylic acids is 1. The summed E-state index contributed by atoms with van der Waals surface area (Å²) >= 11 is 9.03. The van der Waals surface area contributed by atoms with E-state index in [1.807, 2.05) is 0 Å². The second-order valence-corrected chi connectivity index (χ2v) is 4.43. The molecule has 0 aliphatic carbocycles. The maximum atomic E-state index is 13.0.